The molecule has 0 unspecified atom stereocenters. The first-order valence-electron chi connectivity index (χ1n) is 5.61. The lowest BCUT2D eigenvalue weighted by Crippen LogP contribution is -2.13. The molecular formula is C13H13BrN2O2. The Morgan fingerprint density at radius 1 is 1.50 bits per heavy atom. The van der Waals surface area contributed by atoms with Crippen molar-refractivity contribution in [1.29, 1.82) is 0 Å². The van der Waals surface area contributed by atoms with Crippen LogP contribution in [0.1, 0.15) is 27.3 Å². The molecule has 2 N–H and O–H groups in total. The minimum absolute atomic E-state index is 0.0317. The zero-order valence-corrected chi connectivity index (χ0v) is 11.5. The van der Waals surface area contributed by atoms with Crippen molar-refractivity contribution in [1.82, 2.24) is 10.3 Å². The minimum Gasteiger partial charge on any atom is -0.352 e. The van der Waals surface area contributed by atoms with Crippen molar-refractivity contribution in [3.8, 4) is 0 Å². The molecule has 18 heavy (non-hydrogen) atoms. The van der Waals surface area contributed by atoms with Crippen molar-refractivity contribution in [2.24, 2.45) is 0 Å². The van der Waals surface area contributed by atoms with Gasteiger partial charge in [-0.05, 0) is 25.2 Å². The van der Waals surface area contributed by atoms with Gasteiger partial charge in [-0.3, -0.25) is 9.59 Å². The van der Waals surface area contributed by atoms with Crippen molar-refractivity contribution in [3.05, 3.63) is 33.9 Å². The summed E-state index contributed by atoms with van der Waals surface area (Å²) in [5.41, 5.74) is 1.63. The Hall–Kier alpha value is -1.46. The zero-order valence-electron chi connectivity index (χ0n) is 9.92. The molecule has 0 atom stereocenters. The lowest BCUT2D eigenvalue weighted by atomic mass is 10.0. The number of carbonyl (C=O) groups excluding carboxylic acids is 2. The SMILES string of the molecule is CNCCC(=O)c1c(C=O)[nH]c2ccc(Br)cc12. The number of aromatic amines is 1. The maximum Gasteiger partial charge on any atom is 0.167 e. The molecule has 2 rings (SSSR count). The van der Waals surface area contributed by atoms with Crippen LogP contribution in [0.15, 0.2) is 22.7 Å². The Balaban J connectivity index is 2.55. The van der Waals surface area contributed by atoms with Crippen LogP contribution >= 0.6 is 15.9 Å². The van der Waals surface area contributed by atoms with Crippen molar-refractivity contribution < 1.29 is 9.59 Å². The van der Waals surface area contributed by atoms with E-state index < -0.39 is 0 Å². The van der Waals surface area contributed by atoms with E-state index in [1.54, 1.807) is 7.05 Å². The number of Topliss-reactive ketones (excluding diaryl/α,β-unsaturated/α-hetero) is 1. The quantitative estimate of drug-likeness (QED) is 0.659. The predicted molar refractivity (Wildman–Crippen MR) is 74.3 cm³/mol. The molecule has 0 aliphatic heterocycles. The molecule has 0 saturated heterocycles. The van der Waals surface area contributed by atoms with Gasteiger partial charge in [-0.25, -0.2) is 0 Å². The molecule has 94 valence electrons. The van der Waals surface area contributed by atoms with Gasteiger partial charge in [-0.1, -0.05) is 15.9 Å². The summed E-state index contributed by atoms with van der Waals surface area (Å²) in [6, 6.07) is 5.57. The number of hydrogen-bond acceptors (Lipinski definition) is 3. The van der Waals surface area contributed by atoms with Crippen molar-refractivity contribution in [2.75, 3.05) is 13.6 Å². The average molecular weight is 309 g/mol. The number of ketones is 1. The van der Waals surface area contributed by atoms with E-state index in [1.165, 1.54) is 0 Å². The number of carbonyl (C=O) groups is 2. The first-order valence-corrected chi connectivity index (χ1v) is 6.41. The van der Waals surface area contributed by atoms with E-state index in [2.05, 4.69) is 26.2 Å². The monoisotopic (exact) mass is 308 g/mol. The Kier molecular flexibility index (Phi) is 3.93. The number of halogens is 1. The van der Waals surface area contributed by atoms with Gasteiger partial charge in [-0.15, -0.1) is 0 Å². The first kappa shape index (κ1) is 13.0. The van der Waals surface area contributed by atoms with Gasteiger partial charge in [0, 0.05) is 28.3 Å². The number of hydrogen-bond donors (Lipinski definition) is 2. The molecule has 1 aromatic carbocycles. The number of nitrogens with one attached hydrogen (secondary N) is 2. The Morgan fingerprint density at radius 3 is 2.94 bits per heavy atom. The van der Waals surface area contributed by atoms with E-state index in [4.69, 9.17) is 0 Å². The number of H-pyrrole nitrogens is 1. The second kappa shape index (κ2) is 5.46. The van der Waals surface area contributed by atoms with Crippen LogP contribution in [0.4, 0.5) is 0 Å². The Bertz CT molecular complexity index is 604. The van der Waals surface area contributed by atoms with Crippen LogP contribution in [0.5, 0.6) is 0 Å². The molecule has 1 heterocycles. The van der Waals surface area contributed by atoms with E-state index in [0.29, 0.717) is 30.5 Å². The van der Waals surface area contributed by atoms with Crippen LogP contribution in [-0.2, 0) is 0 Å². The maximum atomic E-state index is 12.1. The number of fused-ring (bicyclic) bond motifs is 1. The maximum absolute atomic E-state index is 12.1. The van der Waals surface area contributed by atoms with Gasteiger partial charge in [0.2, 0.25) is 0 Å². The van der Waals surface area contributed by atoms with Gasteiger partial charge in [0.25, 0.3) is 0 Å². The van der Waals surface area contributed by atoms with E-state index >= 15 is 0 Å². The number of benzene rings is 1. The summed E-state index contributed by atoms with van der Waals surface area (Å²) in [5.74, 6) is -0.0317. The van der Waals surface area contributed by atoms with Crippen LogP contribution in [0.3, 0.4) is 0 Å². The molecule has 0 fully saturated rings. The fourth-order valence-electron chi connectivity index (χ4n) is 1.94. The third-order valence-corrected chi connectivity index (χ3v) is 3.28. The highest BCUT2D eigenvalue weighted by molar-refractivity contribution is 9.10. The molecule has 4 nitrogen and oxygen atoms in total. The molecule has 0 aliphatic carbocycles. The molecule has 0 amide bonds. The first-order chi connectivity index (χ1) is 8.67. The van der Waals surface area contributed by atoms with Crippen LogP contribution in [-0.4, -0.2) is 30.6 Å². The van der Waals surface area contributed by atoms with Crippen molar-refractivity contribution in [2.45, 2.75) is 6.42 Å². The number of aromatic nitrogens is 1. The lowest BCUT2D eigenvalue weighted by Gasteiger charge is -2.00. The average Bonchev–Trinajstić information content (AvgIpc) is 2.73. The Morgan fingerprint density at radius 2 is 2.28 bits per heavy atom. The molecule has 1 aromatic heterocycles. The summed E-state index contributed by atoms with van der Waals surface area (Å²) < 4.78 is 0.883. The summed E-state index contributed by atoms with van der Waals surface area (Å²) in [5, 5.41) is 3.71. The summed E-state index contributed by atoms with van der Waals surface area (Å²) >= 11 is 3.37. The summed E-state index contributed by atoms with van der Waals surface area (Å²) in [4.78, 5) is 26.2. The number of aldehydes is 1. The van der Waals surface area contributed by atoms with E-state index in [9.17, 15) is 9.59 Å². The minimum atomic E-state index is -0.0317. The second-order valence-corrected chi connectivity index (χ2v) is 4.91. The van der Waals surface area contributed by atoms with Crippen molar-refractivity contribution >= 4 is 38.9 Å². The van der Waals surface area contributed by atoms with Crippen LogP contribution in [0.2, 0.25) is 0 Å². The van der Waals surface area contributed by atoms with Gasteiger partial charge in [-0.2, -0.15) is 0 Å². The topological polar surface area (TPSA) is 62.0 Å². The fourth-order valence-corrected chi connectivity index (χ4v) is 2.30. The van der Waals surface area contributed by atoms with E-state index in [1.807, 2.05) is 18.2 Å². The highest BCUT2D eigenvalue weighted by Gasteiger charge is 2.17. The van der Waals surface area contributed by atoms with E-state index in [-0.39, 0.29) is 5.78 Å². The Labute approximate surface area is 113 Å². The van der Waals surface area contributed by atoms with Gasteiger partial charge in [0.1, 0.15) is 0 Å². The summed E-state index contributed by atoms with van der Waals surface area (Å²) in [7, 11) is 1.79. The molecule has 0 spiro atoms. The van der Waals surface area contributed by atoms with Gasteiger partial charge in [0.15, 0.2) is 12.1 Å². The van der Waals surface area contributed by atoms with Gasteiger partial charge in [0.05, 0.1) is 11.3 Å². The highest BCUT2D eigenvalue weighted by Crippen LogP contribution is 2.26. The molecule has 2 aromatic rings. The molecule has 0 bridgehead atoms. The highest BCUT2D eigenvalue weighted by atomic mass is 79.9. The zero-order chi connectivity index (χ0) is 13.1. The second-order valence-electron chi connectivity index (χ2n) is 4.00. The van der Waals surface area contributed by atoms with Crippen LogP contribution in [0, 0.1) is 0 Å². The normalized spacial score (nSPS) is 10.8. The molecule has 5 heteroatoms. The molecule has 0 radical (unpaired) electrons. The molecule has 0 aliphatic rings. The third-order valence-electron chi connectivity index (χ3n) is 2.79. The smallest absolute Gasteiger partial charge is 0.167 e. The fraction of sp³-hybridized carbons (Fsp3) is 0.231. The summed E-state index contributed by atoms with van der Waals surface area (Å²) in [6.07, 6.45) is 1.07. The largest absolute Gasteiger partial charge is 0.352 e. The van der Waals surface area contributed by atoms with Crippen LogP contribution < -0.4 is 5.32 Å². The predicted octanol–water partition coefficient (Wildman–Crippen LogP) is 2.54. The van der Waals surface area contributed by atoms with Crippen LogP contribution in [0.25, 0.3) is 10.9 Å². The standard InChI is InChI=1S/C13H13BrN2O2/c1-15-5-4-12(18)13-9-6-8(14)2-3-10(9)16-11(13)7-17/h2-3,6-7,15-16H,4-5H2,1H3. The molecular weight excluding hydrogens is 296 g/mol. The van der Waals surface area contributed by atoms with Gasteiger partial charge < -0.3 is 10.3 Å². The molecule has 0 saturated carbocycles. The van der Waals surface area contributed by atoms with E-state index in [0.717, 1.165) is 15.4 Å². The van der Waals surface area contributed by atoms with Gasteiger partial charge >= 0.3 is 0 Å². The number of rotatable bonds is 5. The third kappa shape index (κ3) is 2.37. The lowest BCUT2D eigenvalue weighted by molar-refractivity contribution is 0.0978. The van der Waals surface area contributed by atoms with Crippen molar-refractivity contribution in [3.63, 3.8) is 0 Å². The summed E-state index contributed by atoms with van der Waals surface area (Å²) in [6.45, 7) is 0.595.